The minimum absolute atomic E-state index is 0.528. The summed E-state index contributed by atoms with van der Waals surface area (Å²) in [5, 5.41) is 0. The number of pyridine rings is 1. The molecule has 0 aliphatic carbocycles. The Bertz CT molecular complexity index is 931. The molecule has 3 aromatic rings. The van der Waals surface area contributed by atoms with Gasteiger partial charge in [0.15, 0.2) is 5.65 Å². The summed E-state index contributed by atoms with van der Waals surface area (Å²) in [6, 6.07) is 3.71. The number of nitrogens with zero attached hydrogens (tertiary/aromatic N) is 5. The van der Waals surface area contributed by atoms with E-state index in [9.17, 15) is 0 Å². The maximum Gasteiger partial charge on any atom is 0.212 e. The van der Waals surface area contributed by atoms with E-state index in [2.05, 4.69) is 29.9 Å². The molecule has 8 heteroatoms. The maximum absolute atomic E-state index is 6.41. The number of H-pyrrole nitrogens is 1. The lowest BCUT2D eigenvalue weighted by Crippen LogP contribution is -2.46. The highest BCUT2D eigenvalue weighted by Crippen LogP contribution is 2.39. The fraction of sp³-hybridized carbons (Fsp3) is 0.188. The van der Waals surface area contributed by atoms with Crippen molar-refractivity contribution in [1.29, 1.82) is 0 Å². The first kappa shape index (κ1) is 14.5. The van der Waals surface area contributed by atoms with Crippen LogP contribution in [0.4, 0.5) is 0 Å². The number of hydrogen-bond donors (Lipinski definition) is 2. The lowest BCUT2D eigenvalue weighted by atomic mass is 9.74. The zero-order valence-corrected chi connectivity index (χ0v) is 12.9. The summed E-state index contributed by atoms with van der Waals surface area (Å²) in [5.41, 5.74) is 8.50. The maximum atomic E-state index is 6.41. The van der Waals surface area contributed by atoms with Gasteiger partial charge in [-0.1, -0.05) is 12.1 Å². The minimum atomic E-state index is -0.776. The average Bonchev–Trinajstić information content (AvgIpc) is 3.11. The van der Waals surface area contributed by atoms with E-state index in [0.717, 1.165) is 11.1 Å². The third-order valence-corrected chi connectivity index (χ3v) is 4.20. The minimum Gasteiger partial charge on any atom is -0.481 e. The summed E-state index contributed by atoms with van der Waals surface area (Å²) in [5.74, 6) is 0.528. The van der Waals surface area contributed by atoms with Crippen LogP contribution in [0.2, 0.25) is 0 Å². The van der Waals surface area contributed by atoms with Gasteiger partial charge in [0.2, 0.25) is 5.88 Å². The van der Waals surface area contributed by atoms with Crippen molar-refractivity contribution in [3.05, 3.63) is 54.4 Å². The Balaban J connectivity index is 1.99. The topological polar surface area (TPSA) is 115 Å². The van der Waals surface area contributed by atoms with Gasteiger partial charge in [-0.25, -0.2) is 19.9 Å². The van der Waals surface area contributed by atoms with Gasteiger partial charge in [-0.3, -0.25) is 4.99 Å². The molecule has 120 valence electrons. The molecule has 0 spiro atoms. The molecule has 2 unspecified atom stereocenters. The van der Waals surface area contributed by atoms with Crippen molar-refractivity contribution in [3.8, 4) is 5.88 Å². The van der Waals surface area contributed by atoms with Gasteiger partial charge in [0.1, 0.15) is 18.0 Å². The van der Waals surface area contributed by atoms with Gasteiger partial charge < -0.3 is 15.5 Å². The van der Waals surface area contributed by atoms with Crippen LogP contribution < -0.4 is 10.5 Å². The number of nitrogens with one attached hydrogen (secondary N) is 1. The molecule has 0 fully saturated rings. The predicted octanol–water partition coefficient (Wildman–Crippen LogP) is 0.968. The third kappa shape index (κ3) is 2.00. The van der Waals surface area contributed by atoms with E-state index >= 15 is 0 Å². The second-order valence-electron chi connectivity index (χ2n) is 5.38. The van der Waals surface area contributed by atoms with Gasteiger partial charge in [0, 0.05) is 18.5 Å². The van der Waals surface area contributed by atoms with Gasteiger partial charge in [0.05, 0.1) is 24.5 Å². The number of methoxy groups -OCH3 is 1. The molecule has 4 rings (SSSR count). The molecule has 4 heterocycles. The fourth-order valence-electron chi connectivity index (χ4n) is 3.00. The molecule has 0 amide bonds. The molecule has 0 saturated carbocycles. The van der Waals surface area contributed by atoms with Crippen molar-refractivity contribution >= 4 is 17.4 Å². The smallest absolute Gasteiger partial charge is 0.212 e. The normalized spacial score (nSPS) is 22.8. The standard InChI is InChI=1S/C16H15N7O/c1-24-11-4-3-10(7-19-11)16(5-2-6-18-15(16)17)13-12-14(22-8-20-12)23-9-21-13/h2-9,15H,17H2,1H3,(H,20,21,22,23). The fourth-order valence-corrected chi connectivity index (χ4v) is 3.00. The molecule has 3 aromatic heterocycles. The SMILES string of the molecule is COc1ccc(C2(c3ncnc4nc[nH]c34)C=CC=NC2N)cn1. The predicted molar refractivity (Wildman–Crippen MR) is 88.9 cm³/mol. The van der Waals surface area contributed by atoms with E-state index < -0.39 is 11.6 Å². The van der Waals surface area contributed by atoms with E-state index in [0.29, 0.717) is 17.2 Å². The molecule has 1 aliphatic rings. The Labute approximate surface area is 137 Å². The van der Waals surface area contributed by atoms with Crippen molar-refractivity contribution < 1.29 is 4.74 Å². The molecule has 0 bridgehead atoms. The molecule has 0 radical (unpaired) electrons. The number of dihydropyridines is 1. The third-order valence-electron chi connectivity index (χ3n) is 4.20. The first-order valence-corrected chi connectivity index (χ1v) is 7.37. The summed E-state index contributed by atoms with van der Waals surface area (Å²) in [4.78, 5) is 24.7. The van der Waals surface area contributed by atoms with Crippen LogP contribution in [-0.2, 0) is 5.41 Å². The molecular weight excluding hydrogens is 306 g/mol. The number of aromatic nitrogens is 5. The summed E-state index contributed by atoms with van der Waals surface area (Å²) in [6.45, 7) is 0. The Morgan fingerprint density at radius 1 is 1.21 bits per heavy atom. The molecular formula is C16H15N7O. The van der Waals surface area contributed by atoms with Gasteiger partial charge in [-0.2, -0.15) is 0 Å². The quantitative estimate of drug-likeness (QED) is 0.742. The van der Waals surface area contributed by atoms with Gasteiger partial charge in [-0.15, -0.1) is 0 Å². The Morgan fingerprint density at radius 3 is 2.88 bits per heavy atom. The lowest BCUT2D eigenvalue weighted by Gasteiger charge is -2.35. The Hall–Kier alpha value is -3.13. The number of aliphatic imine (C=N–C) groups is 1. The van der Waals surface area contributed by atoms with E-state index in [1.165, 1.54) is 6.33 Å². The second kappa shape index (κ2) is 5.50. The van der Waals surface area contributed by atoms with Crippen molar-refractivity contribution in [2.24, 2.45) is 10.7 Å². The number of hydrogen-bond acceptors (Lipinski definition) is 7. The van der Waals surface area contributed by atoms with Crippen LogP contribution in [0.1, 0.15) is 11.3 Å². The first-order chi connectivity index (χ1) is 11.8. The molecule has 24 heavy (non-hydrogen) atoms. The van der Waals surface area contributed by atoms with Crippen LogP contribution in [-0.4, -0.2) is 44.4 Å². The van der Waals surface area contributed by atoms with Crippen molar-refractivity contribution in [1.82, 2.24) is 24.9 Å². The number of allylic oxidation sites excluding steroid dienone is 1. The van der Waals surface area contributed by atoms with Gasteiger partial charge in [0.25, 0.3) is 0 Å². The largest absolute Gasteiger partial charge is 0.481 e. The zero-order valence-electron chi connectivity index (χ0n) is 12.9. The number of rotatable bonds is 3. The van der Waals surface area contributed by atoms with Crippen molar-refractivity contribution in [3.63, 3.8) is 0 Å². The zero-order chi connectivity index (χ0) is 16.6. The molecule has 1 aliphatic heterocycles. The average molecular weight is 321 g/mol. The number of ether oxygens (including phenoxy) is 1. The first-order valence-electron chi connectivity index (χ1n) is 7.37. The van der Waals surface area contributed by atoms with E-state index in [1.54, 1.807) is 31.9 Å². The van der Waals surface area contributed by atoms with E-state index in [-0.39, 0.29) is 0 Å². The molecule has 0 aromatic carbocycles. The summed E-state index contributed by atoms with van der Waals surface area (Å²) in [6.07, 6.45) is 9.77. The highest BCUT2D eigenvalue weighted by Gasteiger charge is 2.42. The highest BCUT2D eigenvalue weighted by atomic mass is 16.5. The van der Waals surface area contributed by atoms with Crippen LogP contribution in [0.25, 0.3) is 11.2 Å². The van der Waals surface area contributed by atoms with Crippen LogP contribution >= 0.6 is 0 Å². The van der Waals surface area contributed by atoms with Crippen molar-refractivity contribution in [2.45, 2.75) is 11.6 Å². The molecule has 3 N–H and O–H groups in total. The van der Waals surface area contributed by atoms with Crippen LogP contribution in [0, 0.1) is 0 Å². The summed E-state index contributed by atoms with van der Waals surface area (Å²) < 4.78 is 5.15. The lowest BCUT2D eigenvalue weighted by molar-refractivity contribution is 0.396. The Morgan fingerprint density at radius 2 is 2.12 bits per heavy atom. The van der Waals surface area contributed by atoms with Crippen LogP contribution in [0.15, 0.2) is 48.1 Å². The van der Waals surface area contributed by atoms with Gasteiger partial charge >= 0.3 is 0 Å². The van der Waals surface area contributed by atoms with Crippen LogP contribution in [0.3, 0.4) is 0 Å². The van der Waals surface area contributed by atoms with E-state index in [4.69, 9.17) is 10.5 Å². The molecule has 2 atom stereocenters. The number of imidazole rings is 1. The highest BCUT2D eigenvalue weighted by molar-refractivity contribution is 5.79. The van der Waals surface area contributed by atoms with Gasteiger partial charge in [-0.05, 0) is 11.6 Å². The van der Waals surface area contributed by atoms with Crippen molar-refractivity contribution in [2.75, 3.05) is 7.11 Å². The van der Waals surface area contributed by atoms with E-state index in [1.807, 2.05) is 18.2 Å². The second-order valence-corrected chi connectivity index (χ2v) is 5.38. The Kier molecular flexibility index (Phi) is 3.31. The monoisotopic (exact) mass is 321 g/mol. The number of aromatic amines is 1. The molecule has 0 saturated heterocycles. The summed E-state index contributed by atoms with van der Waals surface area (Å²) in [7, 11) is 1.58. The number of fused-ring (bicyclic) bond motifs is 1. The molecule has 8 nitrogen and oxygen atoms in total. The summed E-state index contributed by atoms with van der Waals surface area (Å²) >= 11 is 0. The number of nitrogens with two attached hydrogens (primary N) is 1. The van der Waals surface area contributed by atoms with Crippen LogP contribution in [0.5, 0.6) is 5.88 Å².